The van der Waals surface area contributed by atoms with Gasteiger partial charge in [-0.05, 0) is 38.0 Å². The van der Waals surface area contributed by atoms with E-state index in [1.165, 1.54) is 31.4 Å². The number of fused-ring (bicyclic) bond motifs is 1. The highest BCUT2D eigenvalue weighted by Crippen LogP contribution is 2.15. The van der Waals surface area contributed by atoms with Crippen molar-refractivity contribution in [3.05, 3.63) is 45.5 Å². The minimum Gasteiger partial charge on any atom is -0.358 e. The molecule has 1 heterocycles. The summed E-state index contributed by atoms with van der Waals surface area (Å²) in [5.74, 6) is -0.360. The zero-order valence-corrected chi connectivity index (χ0v) is 12.3. The molecule has 0 bridgehead atoms. The Labute approximate surface area is 119 Å². The van der Waals surface area contributed by atoms with Crippen LogP contribution in [-0.4, -0.2) is 4.98 Å². The van der Waals surface area contributed by atoms with E-state index in [-0.39, 0.29) is 11.2 Å². The molecule has 0 fully saturated rings. The lowest BCUT2D eigenvalue weighted by Gasteiger charge is -2.08. The van der Waals surface area contributed by atoms with Crippen LogP contribution >= 0.6 is 0 Å². The van der Waals surface area contributed by atoms with Crippen molar-refractivity contribution in [3.8, 4) is 0 Å². The number of rotatable bonds is 6. The number of halogens is 1. The summed E-state index contributed by atoms with van der Waals surface area (Å²) in [4.78, 5) is 15.6. The van der Waals surface area contributed by atoms with Crippen LogP contribution < -0.4 is 5.43 Å². The number of pyridine rings is 1. The summed E-state index contributed by atoms with van der Waals surface area (Å²) < 4.78 is 13.3. The van der Waals surface area contributed by atoms with Gasteiger partial charge >= 0.3 is 0 Å². The maximum Gasteiger partial charge on any atom is 0.192 e. The Morgan fingerprint density at radius 1 is 1.15 bits per heavy atom. The van der Waals surface area contributed by atoms with Gasteiger partial charge < -0.3 is 4.98 Å². The Morgan fingerprint density at radius 3 is 2.65 bits per heavy atom. The Hall–Kier alpha value is -1.64. The summed E-state index contributed by atoms with van der Waals surface area (Å²) in [7, 11) is 0. The molecule has 1 N–H and O–H groups in total. The number of aryl methyl sites for hydroxylation is 1. The van der Waals surface area contributed by atoms with Crippen LogP contribution in [0.4, 0.5) is 4.39 Å². The second kappa shape index (κ2) is 6.69. The topological polar surface area (TPSA) is 32.9 Å². The largest absolute Gasteiger partial charge is 0.358 e. The molecule has 0 unspecified atom stereocenters. The molecule has 0 atom stereocenters. The number of aromatic amines is 1. The molecule has 0 amide bonds. The Bertz CT molecular complexity index is 645. The van der Waals surface area contributed by atoms with Crippen LogP contribution in [0.2, 0.25) is 0 Å². The van der Waals surface area contributed by atoms with Crippen LogP contribution in [0.25, 0.3) is 10.9 Å². The van der Waals surface area contributed by atoms with Gasteiger partial charge in [-0.15, -0.1) is 0 Å². The standard InChI is InChI=1S/C17H22FNO/c1-3-4-5-6-7-8-14-12(2)19-16-10-9-13(18)11-15(16)17(14)20/h9-11H,3-8H2,1-2H3,(H,19,20). The van der Waals surface area contributed by atoms with E-state index >= 15 is 0 Å². The maximum absolute atomic E-state index is 13.3. The van der Waals surface area contributed by atoms with Gasteiger partial charge in [0.15, 0.2) is 5.43 Å². The molecule has 2 aromatic rings. The highest BCUT2D eigenvalue weighted by molar-refractivity contribution is 5.79. The van der Waals surface area contributed by atoms with Gasteiger partial charge in [0.2, 0.25) is 0 Å². The normalized spacial score (nSPS) is 11.2. The molecule has 0 aliphatic rings. The van der Waals surface area contributed by atoms with Crippen LogP contribution in [0.1, 0.15) is 50.3 Å². The summed E-state index contributed by atoms with van der Waals surface area (Å²) in [5, 5.41) is 0.458. The summed E-state index contributed by atoms with van der Waals surface area (Å²) in [6.07, 6.45) is 6.62. The second-order valence-corrected chi connectivity index (χ2v) is 5.41. The van der Waals surface area contributed by atoms with Gasteiger partial charge in [-0.2, -0.15) is 0 Å². The predicted molar refractivity (Wildman–Crippen MR) is 81.7 cm³/mol. The fraction of sp³-hybridized carbons (Fsp3) is 0.471. The van der Waals surface area contributed by atoms with Crippen molar-refractivity contribution in [2.45, 2.75) is 52.4 Å². The highest BCUT2D eigenvalue weighted by atomic mass is 19.1. The van der Waals surface area contributed by atoms with Gasteiger partial charge in [-0.3, -0.25) is 4.79 Å². The monoisotopic (exact) mass is 275 g/mol. The van der Waals surface area contributed by atoms with E-state index in [1.54, 1.807) is 6.07 Å². The van der Waals surface area contributed by atoms with Crippen molar-refractivity contribution >= 4 is 10.9 Å². The minimum atomic E-state index is -0.360. The molecule has 0 saturated heterocycles. The number of aromatic nitrogens is 1. The number of benzene rings is 1. The van der Waals surface area contributed by atoms with E-state index in [0.717, 1.165) is 30.5 Å². The highest BCUT2D eigenvalue weighted by Gasteiger charge is 2.09. The van der Waals surface area contributed by atoms with Crippen molar-refractivity contribution < 1.29 is 4.39 Å². The van der Waals surface area contributed by atoms with Gasteiger partial charge in [0.05, 0.1) is 0 Å². The van der Waals surface area contributed by atoms with E-state index in [4.69, 9.17) is 0 Å². The van der Waals surface area contributed by atoms with Gasteiger partial charge in [0.25, 0.3) is 0 Å². The molecule has 0 aliphatic carbocycles. The molecule has 1 aromatic heterocycles. The molecular formula is C17H22FNO. The summed E-state index contributed by atoms with van der Waals surface area (Å²) in [5.41, 5.74) is 2.40. The van der Waals surface area contributed by atoms with Gasteiger partial charge in [-0.25, -0.2) is 4.39 Å². The zero-order valence-electron chi connectivity index (χ0n) is 12.3. The fourth-order valence-corrected chi connectivity index (χ4v) is 2.63. The number of unbranched alkanes of at least 4 members (excludes halogenated alkanes) is 4. The number of H-pyrrole nitrogens is 1. The van der Waals surface area contributed by atoms with E-state index in [9.17, 15) is 9.18 Å². The first-order valence-electron chi connectivity index (χ1n) is 7.44. The first-order chi connectivity index (χ1) is 9.63. The van der Waals surface area contributed by atoms with Crippen molar-refractivity contribution in [1.82, 2.24) is 4.98 Å². The quantitative estimate of drug-likeness (QED) is 0.774. The van der Waals surface area contributed by atoms with Gasteiger partial charge in [0, 0.05) is 22.2 Å². The molecule has 2 rings (SSSR count). The lowest BCUT2D eigenvalue weighted by molar-refractivity contribution is 0.628. The van der Waals surface area contributed by atoms with Crippen LogP contribution in [0.5, 0.6) is 0 Å². The van der Waals surface area contributed by atoms with Crippen molar-refractivity contribution in [2.24, 2.45) is 0 Å². The zero-order chi connectivity index (χ0) is 14.5. The smallest absolute Gasteiger partial charge is 0.192 e. The summed E-state index contributed by atoms with van der Waals surface area (Å²) in [6.45, 7) is 4.11. The van der Waals surface area contributed by atoms with E-state index in [1.807, 2.05) is 6.92 Å². The van der Waals surface area contributed by atoms with Crippen molar-refractivity contribution in [2.75, 3.05) is 0 Å². The first-order valence-corrected chi connectivity index (χ1v) is 7.44. The molecule has 2 nitrogen and oxygen atoms in total. The predicted octanol–water partition coefficient (Wildman–Crippen LogP) is 4.49. The molecule has 3 heteroatoms. The van der Waals surface area contributed by atoms with Crippen molar-refractivity contribution in [3.63, 3.8) is 0 Å². The third-order valence-corrected chi connectivity index (χ3v) is 3.81. The number of nitrogens with one attached hydrogen (secondary N) is 1. The lowest BCUT2D eigenvalue weighted by Crippen LogP contribution is -2.13. The van der Waals surface area contributed by atoms with Crippen LogP contribution in [0, 0.1) is 12.7 Å². The van der Waals surface area contributed by atoms with Crippen molar-refractivity contribution in [1.29, 1.82) is 0 Å². The summed E-state index contributed by atoms with van der Waals surface area (Å²) in [6, 6.07) is 4.33. The average molecular weight is 275 g/mol. The third kappa shape index (κ3) is 3.27. The van der Waals surface area contributed by atoms with Crippen LogP contribution in [0.3, 0.4) is 0 Å². The fourth-order valence-electron chi connectivity index (χ4n) is 2.63. The van der Waals surface area contributed by atoms with E-state index in [0.29, 0.717) is 10.9 Å². The van der Waals surface area contributed by atoms with E-state index < -0.39 is 0 Å². The molecule has 0 spiro atoms. The van der Waals surface area contributed by atoms with Crippen LogP contribution in [0.15, 0.2) is 23.0 Å². The minimum absolute atomic E-state index is 0.0220. The maximum atomic E-state index is 13.3. The molecular weight excluding hydrogens is 253 g/mol. The van der Waals surface area contributed by atoms with E-state index in [2.05, 4.69) is 11.9 Å². The third-order valence-electron chi connectivity index (χ3n) is 3.81. The number of hydrogen-bond donors (Lipinski definition) is 1. The van der Waals surface area contributed by atoms with Crippen LogP contribution in [-0.2, 0) is 6.42 Å². The van der Waals surface area contributed by atoms with Gasteiger partial charge in [-0.1, -0.05) is 32.6 Å². The molecule has 0 aliphatic heterocycles. The first kappa shape index (κ1) is 14.8. The SMILES string of the molecule is CCCCCCCc1c(C)[nH]c2ccc(F)cc2c1=O. The Morgan fingerprint density at radius 2 is 1.90 bits per heavy atom. The molecule has 108 valence electrons. The Kier molecular flexibility index (Phi) is 4.94. The summed E-state index contributed by atoms with van der Waals surface area (Å²) >= 11 is 0. The molecule has 0 saturated carbocycles. The lowest BCUT2D eigenvalue weighted by atomic mass is 10.0. The molecule has 0 radical (unpaired) electrons. The molecule has 20 heavy (non-hydrogen) atoms. The Balaban J connectivity index is 2.22. The molecule has 1 aromatic carbocycles. The van der Waals surface area contributed by atoms with Gasteiger partial charge in [0.1, 0.15) is 5.82 Å². The second-order valence-electron chi connectivity index (χ2n) is 5.41. The average Bonchev–Trinajstić information content (AvgIpc) is 2.43. The number of hydrogen-bond acceptors (Lipinski definition) is 1.